The van der Waals surface area contributed by atoms with E-state index in [1.165, 1.54) is 0 Å². The van der Waals surface area contributed by atoms with E-state index in [0.717, 1.165) is 5.56 Å². The van der Waals surface area contributed by atoms with E-state index < -0.39 is 0 Å². The summed E-state index contributed by atoms with van der Waals surface area (Å²) < 4.78 is 0. The molecule has 92 valence electrons. The van der Waals surface area contributed by atoms with Gasteiger partial charge >= 0.3 is 0 Å². The molecule has 0 heterocycles. The van der Waals surface area contributed by atoms with Crippen LogP contribution in [0.1, 0.15) is 15.9 Å². The molecule has 0 aliphatic carbocycles. The maximum absolute atomic E-state index is 12.2. The average Bonchev–Trinajstić information content (AvgIpc) is 2.48. The molecule has 0 amide bonds. The maximum Gasteiger partial charge on any atom is 0.195 e. The number of carbonyl (C=O) groups is 1. The average molecular weight is 249 g/mol. The Morgan fingerprint density at radius 1 is 1.00 bits per heavy atom. The van der Waals surface area contributed by atoms with E-state index in [9.17, 15) is 4.79 Å². The monoisotopic (exact) mass is 249 g/mol. The highest BCUT2D eigenvalue weighted by Gasteiger charge is 2.10. The van der Waals surface area contributed by atoms with Crippen molar-refractivity contribution in [2.45, 2.75) is 0 Å². The van der Waals surface area contributed by atoms with Crippen LogP contribution in [0.3, 0.4) is 0 Å². The van der Waals surface area contributed by atoms with E-state index in [-0.39, 0.29) is 11.5 Å². The third-order valence-electron chi connectivity index (χ3n) is 2.52. The molecule has 0 bridgehead atoms. The second kappa shape index (κ2) is 6.19. The van der Waals surface area contributed by atoms with Crippen LogP contribution >= 0.6 is 0 Å². The second-order valence-corrected chi connectivity index (χ2v) is 3.82. The molecule has 0 saturated carbocycles. The number of azide groups is 1. The van der Waals surface area contributed by atoms with E-state index in [4.69, 9.17) is 5.53 Å². The zero-order valence-corrected chi connectivity index (χ0v) is 10.1. The quantitative estimate of drug-likeness (QED) is 0.263. The number of hydrogen-bond acceptors (Lipinski definition) is 2. The summed E-state index contributed by atoms with van der Waals surface area (Å²) in [7, 11) is 0. The first kappa shape index (κ1) is 12.6. The SMILES string of the molecule is [N-]=[N+]=N/C(=C/c1ccccc1)C(=O)c1ccccc1. The molecule has 4 nitrogen and oxygen atoms in total. The predicted octanol–water partition coefficient (Wildman–Crippen LogP) is 4.22. The Balaban J connectivity index is 2.39. The number of nitrogens with zero attached hydrogens (tertiary/aromatic N) is 3. The van der Waals surface area contributed by atoms with Crippen LogP contribution in [0.15, 0.2) is 71.5 Å². The molecule has 2 aromatic carbocycles. The number of benzene rings is 2. The number of rotatable bonds is 4. The van der Waals surface area contributed by atoms with Crippen molar-refractivity contribution in [1.29, 1.82) is 0 Å². The van der Waals surface area contributed by atoms with Crippen LogP contribution in [0.4, 0.5) is 0 Å². The zero-order valence-electron chi connectivity index (χ0n) is 10.1. The van der Waals surface area contributed by atoms with Crippen LogP contribution in [-0.2, 0) is 0 Å². The molecule has 4 heteroatoms. The lowest BCUT2D eigenvalue weighted by Crippen LogP contribution is -2.00. The van der Waals surface area contributed by atoms with Gasteiger partial charge in [-0.15, -0.1) is 0 Å². The Morgan fingerprint density at radius 3 is 2.16 bits per heavy atom. The van der Waals surface area contributed by atoms with Gasteiger partial charge in [-0.1, -0.05) is 65.8 Å². The van der Waals surface area contributed by atoms with Gasteiger partial charge in [0.2, 0.25) is 0 Å². The fraction of sp³-hybridized carbons (Fsp3) is 0. The summed E-state index contributed by atoms with van der Waals surface area (Å²) in [6, 6.07) is 18.0. The molecule has 0 N–H and O–H groups in total. The lowest BCUT2D eigenvalue weighted by atomic mass is 10.1. The molecule has 0 atom stereocenters. The van der Waals surface area contributed by atoms with Gasteiger partial charge in [0.1, 0.15) is 0 Å². The van der Waals surface area contributed by atoms with Gasteiger partial charge < -0.3 is 0 Å². The lowest BCUT2D eigenvalue weighted by molar-refractivity contribution is 0.103. The van der Waals surface area contributed by atoms with Crippen molar-refractivity contribution in [1.82, 2.24) is 0 Å². The van der Waals surface area contributed by atoms with Crippen LogP contribution in [0.25, 0.3) is 16.5 Å². The second-order valence-electron chi connectivity index (χ2n) is 3.82. The molecule has 0 aliphatic rings. The van der Waals surface area contributed by atoms with Gasteiger partial charge in [-0.25, -0.2) is 0 Å². The summed E-state index contributed by atoms with van der Waals surface area (Å²) in [6.07, 6.45) is 1.58. The fourth-order valence-corrected chi connectivity index (χ4v) is 1.63. The van der Waals surface area contributed by atoms with E-state index in [1.807, 2.05) is 36.4 Å². The lowest BCUT2D eigenvalue weighted by Gasteiger charge is -2.01. The topological polar surface area (TPSA) is 65.8 Å². The minimum absolute atomic E-state index is 0.0832. The summed E-state index contributed by atoms with van der Waals surface area (Å²) in [5.74, 6) is -0.290. The van der Waals surface area contributed by atoms with Crippen molar-refractivity contribution in [3.63, 3.8) is 0 Å². The van der Waals surface area contributed by atoms with Crippen molar-refractivity contribution in [2.24, 2.45) is 5.11 Å². The van der Waals surface area contributed by atoms with Crippen molar-refractivity contribution >= 4 is 11.9 Å². The van der Waals surface area contributed by atoms with E-state index >= 15 is 0 Å². The van der Waals surface area contributed by atoms with Gasteiger partial charge in [-0.05, 0) is 17.2 Å². The molecule has 0 unspecified atom stereocenters. The Kier molecular flexibility index (Phi) is 4.11. The third kappa shape index (κ3) is 3.31. The van der Waals surface area contributed by atoms with Crippen molar-refractivity contribution in [2.75, 3.05) is 0 Å². The number of ketones is 1. The summed E-state index contributed by atoms with van der Waals surface area (Å²) in [5.41, 5.74) is 9.97. The van der Waals surface area contributed by atoms with Crippen molar-refractivity contribution in [3.8, 4) is 0 Å². The highest BCUT2D eigenvalue weighted by Crippen LogP contribution is 2.14. The normalized spacial score (nSPS) is 10.6. The maximum atomic E-state index is 12.2. The van der Waals surface area contributed by atoms with Gasteiger partial charge in [0.25, 0.3) is 0 Å². The Morgan fingerprint density at radius 2 is 1.58 bits per heavy atom. The fourth-order valence-electron chi connectivity index (χ4n) is 1.63. The molecule has 2 aromatic rings. The molecule has 0 spiro atoms. The van der Waals surface area contributed by atoms with Crippen molar-refractivity contribution in [3.05, 3.63) is 87.9 Å². The number of Topliss-reactive ketones (excluding diaryl/α,β-unsaturated/α-hetero) is 1. The standard InChI is InChI=1S/C15H11N3O/c16-18-17-14(11-12-7-3-1-4-8-12)15(19)13-9-5-2-6-10-13/h1-11H/b14-11+. The van der Waals surface area contributed by atoms with Gasteiger partial charge in [0.05, 0.1) is 5.70 Å². The predicted molar refractivity (Wildman–Crippen MR) is 74.3 cm³/mol. The molecule has 0 fully saturated rings. The molecule has 0 radical (unpaired) electrons. The van der Waals surface area contributed by atoms with Gasteiger partial charge in [0.15, 0.2) is 5.78 Å². The molecule has 2 rings (SSSR count). The largest absolute Gasteiger partial charge is 0.289 e. The minimum atomic E-state index is -0.290. The molecule has 0 aromatic heterocycles. The van der Waals surface area contributed by atoms with E-state index in [1.54, 1.807) is 30.3 Å². The summed E-state index contributed by atoms with van der Waals surface area (Å²) in [4.78, 5) is 14.9. The highest BCUT2D eigenvalue weighted by atomic mass is 16.1. The Bertz CT molecular complexity index is 642. The number of allylic oxidation sites excluding steroid dienone is 1. The summed E-state index contributed by atoms with van der Waals surface area (Å²) in [5, 5.41) is 3.49. The first-order valence-electron chi connectivity index (χ1n) is 5.73. The zero-order chi connectivity index (χ0) is 13.5. The molecule has 0 saturated heterocycles. The number of hydrogen-bond donors (Lipinski definition) is 0. The summed E-state index contributed by atoms with van der Waals surface area (Å²) in [6.45, 7) is 0. The molecular formula is C15H11N3O. The first-order chi connectivity index (χ1) is 9.31. The molecular weight excluding hydrogens is 238 g/mol. The van der Waals surface area contributed by atoms with Crippen LogP contribution < -0.4 is 0 Å². The first-order valence-corrected chi connectivity index (χ1v) is 5.73. The molecule has 0 aliphatic heterocycles. The van der Waals surface area contributed by atoms with Crippen molar-refractivity contribution < 1.29 is 4.79 Å². The van der Waals surface area contributed by atoms with E-state index in [2.05, 4.69) is 10.0 Å². The van der Waals surface area contributed by atoms with E-state index in [0.29, 0.717) is 5.56 Å². The third-order valence-corrected chi connectivity index (χ3v) is 2.52. The Labute approximate surface area is 110 Å². The van der Waals surface area contributed by atoms with Gasteiger partial charge in [-0.2, -0.15) is 0 Å². The summed E-state index contributed by atoms with van der Waals surface area (Å²) >= 11 is 0. The highest BCUT2D eigenvalue weighted by molar-refractivity contribution is 6.10. The smallest absolute Gasteiger partial charge is 0.195 e. The Hall–Kier alpha value is -2.84. The van der Waals surface area contributed by atoms with Gasteiger partial charge in [-0.3, -0.25) is 4.79 Å². The minimum Gasteiger partial charge on any atom is -0.289 e. The van der Waals surface area contributed by atoms with Gasteiger partial charge in [0, 0.05) is 10.5 Å². The molecule has 19 heavy (non-hydrogen) atoms. The number of carbonyl (C=O) groups excluding carboxylic acids is 1. The van der Waals surface area contributed by atoms with Crippen LogP contribution in [-0.4, -0.2) is 5.78 Å². The van der Waals surface area contributed by atoms with Crippen LogP contribution in [0.5, 0.6) is 0 Å². The van der Waals surface area contributed by atoms with Crippen LogP contribution in [0.2, 0.25) is 0 Å². The van der Waals surface area contributed by atoms with Crippen LogP contribution in [0, 0.1) is 0 Å².